The van der Waals surface area contributed by atoms with E-state index >= 15 is 0 Å². The number of likely N-dealkylation sites (N-methyl/N-ethyl adjacent to an activating group) is 1. The molecule has 0 aliphatic heterocycles. The molecule has 0 saturated heterocycles. The highest BCUT2D eigenvalue weighted by Crippen LogP contribution is 2.26. The molecule has 1 aromatic rings. The fourth-order valence-electron chi connectivity index (χ4n) is 1.38. The maximum Gasteiger partial charge on any atom is 0.329 e. The zero-order valence-corrected chi connectivity index (χ0v) is 11.8. The molecule has 0 spiro atoms. The van der Waals surface area contributed by atoms with Gasteiger partial charge in [0, 0.05) is 18.7 Å². The molecule has 1 rings (SSSR count). The minimum Gasteiger partial charge on any atom is -0.480 e. The van der Waals surface area contributed by atoms with Crippen LogP contribution in [0.15, 0.2) is 18.2 Å². The first-order valence-electron chi connectivity index (χ1n) is 5.54. The van der Waals surface area contributed by atoms with Gasteiger partial charge in [-0.05, 0) is 26.0 Å². The topological polar surface area (TPSA) is 101 Å². The molecule has 8 heteroatoms. The third kappa shape index (κ3) is 2.88. The van der Waals surface area contributed by atoms with Gasteiger partial charge in [0.25, 0.3) is 11.6 Å². The van der Waals surface area contributed by atoms with Gasteiger partial charge in [-0.1, -0.05) is 11.6 Å². The van der Waals surface area contributed by atoms with Gasteiger partial charge in [0.1, 0.15) is 10.6 Å². The normalized spacial score (nSPS) is 11.0. The Morgan fingerprint density at radius 1 is 1.40 bits per heavy atom. The Balaban J connectivity index is 3.19. The van der Waals surface area contributed by atoms with Crippen LogP contribution in [0.5, 0.6) is 0 Å². The molecule has 0 atom stereocenters. The summed E-state index contributed by atoms with van der Waals surface area (Å²) in [6.07, 6.45) is 0. The van der Waals surface area contributed by atoms with Crippen LogP contribution in [-0.2, 0) is 4.79 Å². The molecular formula is C12H13ClN2O5. The van der Waals surface area contributed by atoms with Crippen LogP contribution in [0.25, 0.3) is 0 Å². The molecule has 0 aliphatic rings. The second-order valence-corrected chi connectivity index (χ2v) is 5.06. The predicted octanol–water partition coefficient (Wildman–Crippen LogP) is 2.18. The molecule has 0 heterocycles. The second kappa shape index (κ2) is 5.46. The number of carbonyl (C=O) groups excluding carboxylic acids is 1. The highest BCUT2D eigenvalue weighted by Gasteiger charge is 2.36. The minimum atomic E-state index is -1.44. The van der Waals surface area contributed by atoms with Crippen molar-refractivity contribution in [3.63, 3.8) is 0 Å². The van der Waals surface area contributed by atoms with Gasteiger partial charge in [-0.2, -0.15) is 0 Å². The van der Waals surface area contributed by atoms with E-state index in [0.29, 0.717) is 0 Å². The molecule has 108 valence electrons. The zero-order valence-electron chi connectivity index (χ0n) is 11.1. The molecule has 0 fully saturated rings. The highest BCUT2D eigenvalue weighted by molar-refractivity contribution is 6.32. The molecule has 0 aromatic heterocycles. The van der Waals surface area contributed by atoms with Crippen molar-refractivity contribution in [2.75, 3.05) is 7.05 Å². The summed E-state index contributed by atoms with van der Waals surface area (Å²) in [5, 5.41) is 19.8. The van der Waals surface area contributed by atoms with Crippen LogP contribution >= 0.6 is 11.6 Å². The van der Waals surface area contributed by atoms with Crippen LogP contribution in [0.1, 0.15) is 24.2 Å². The van der Waals surface area contributed by atoms with Gasteiger partial charge in [0.15, 0.2) is 0 Å². The molecule has 7 nitrogen and oxygen atoms in total. The van der Waals surface area contributed by atoms with Gasteiger partial charge in [-0.15, -0.1) is 0 Å². The third-order valence-electron chi connectivity index (χ3n) is 3.06. The van der Waals surface area contributed by atoms with Crippen molar-refractivity contribution in [1.29, 1.82) is 0 Å². The van der Waals surface area contributed by atoms with Crippen molar-refractivity contribution in [2.45, 2.75) is 19.4 Å². The van der Waals surface area contributed by atoms with E-state index in [1.165, 1.54) is 33.0 Å². The number of amides is 1. The van der Waals surface area contributed by atoms with Crippen LogP contribution in [0.2, 0.25) is 5.02 Å². The molecule has 1 aromatic carbocycles. The molecule has 0 unspecified atom stereocenters. The first-order valence-corrected chi connectivity index (χ1v) is 5.92. The average molecular weight is 301 g/mol. The largest absolute Gasteiger partial charge is 0.480 e. The summed E-state index contributed by atoms with van der Waals surface area (Å²) in [4.78, 5) is 34.4. The summed E-state index contributed by atoms with van der Waals surface area (Å²) >= 11 is 5.66. The number of aliphatic carboxylic acids is 1. The van der Waals surface area contributed by atoms with Gasteiger partial charge in [-0.3, -0.25) is 14.9 Å². The van der Waals surface area contributed by atoms with Gasteiger partial charge >= 0.3 is 5.97 Å². The molecular weight excluding hydrogens is 288 g/mol. The Morgan fingerprint density at radius 2 is 1.95 bits per heavy atom. The number of carbonyl (C=O) groups is 2. The summed E-state index contributed by atoms with van der Waals surface area (Å²) in [5.41, 5.74) is -1.84. The molecule has 0 radical (unpaired) electrons. The average Bonchev–Trinajstić information content (AvgIpc) is 2.36. The number of halogens is 1. The fourth-order valence-corrected chi connectivity index (χ4v) is 1.56. The van der Waals surface area contributed by atoms with Gasteiger partial charge in [0.05, 0.1) is 4.92 Å². The van der Waals surface area contributed by atoms with E-state index in [-0.39, 0.29) is 10.6 Å². The number of carboxylic acids is 1. The number of hydrogen-bond donors (Lipinski definition) is 1. The van der Waals surface area contributed by atoms with Crippen LogP contribution in [0.3, 0.4) is 0 Å². The van der Waals surface area contributed by atoms with E-state index in [1.807, 2.05) is 0 Å². The summed E-state index contributed by atoms with van der Waals surface area (Å²) in [6.45, 7) is 2.72. The quantitative estimate of drug-likeness (QED) is 0.678. The van der Waals surface area contributed by atoms with E-state index in [4.69, 9.17) is 16.7 Å². The first kappa shape index (κ1) is 15.9. The van der Waals surface area contributed by atoms with Crippen LogP contribution in [-0.4, -0.2) is 39.4 Å². The Morgan fingerprint density at radius 3 is 2.40 bits per heavy atom. The van der Waals surface area contributed by atoms with Crippen molar-refractivity contribution in [3.8, 4) is 0 Å². The maximum absolute atomic E-state index is 12.2. The molecule has 1 amide bonds. The van der Waals surface area contributed by atoms with Crippen molar-refractivity contribution in [3.05, 3.63) is 38.9 Å². The number of hydrogen-bond acceptors (Lipinski definition) is 4. The first-order chi connectivity index (χ1) is 9.09. The smallest absolute Gasteiger partial charge is 0.329 e. The van der Waals surface area contributed by atoms with Gasteiger partial charge in [0.2, 0.25) is 0 Å². The lowest BCUT2D eigenvalue weighted by molar-refractivity contribution is -0.384. The third-order valence-corrected chi connectivity index (χ3v) is 3.38. The Hall–Kier alpha value is -2.15. The lowest BCUT2D eigenvalue weighted by Gasteiger charge is -2.31. The lowest BCUT2D eigenvalue weighted by atomic mass is 10.0. The fraction of sp³-hybridized carbons (Fsp3) is 0.333. The Labute approximate surface area is 119 Å². The lowest BCUT2D eigenvalue weighted by Crippen LogP contribution is -2.50. The number of nitro groups is 1. The maximum atomic E-state index is 12.2. The second-order valence-electron chi connectivity index (χ2n) is 4.65. The molecule has 20 heavy (non-hydrogen) atoms. The highest BCUT2D eigenvalue weighted by atomic mass is 35.5. The van der Waals surface area contributed by atoms with Crippen molar-refractivity contribution in [1.82, 2.24) is 4.90 Å². The SMILES string of the molecule is CN(C(=O)c1ccc(Cl)c([N+](=O)[O-])c1)C(C)(C)C(=O)O. The molecule has 0 bridgehead atoms. The predicted molar refractivity (Wildman–Crippen MR) is 71.9 cm³/mol. The molecule has 0 aliphatic carbocycles. The summed E-state index contributed by atoms with van der Waals surface area (Å²) in [7, 11) is 1.32. The van der Waals surface area contributed by atoms with E-state index in [1.54, 1.807) is 0 Å². The van der Waals surface area contributed by atoms with Crippen LogP contribution in [0, 0.1) is 10.1 Å². The van der Waals surface area contributed by atoms with Gasteiger partial charge in [-0.25, -0.2) is 4.79 Å². The summed E-state index contributed by atoms with van der Waals surface area (Å²) < 4.78 is 0. The minimum absolute atomic E-state index is 0.00192. The number of nitro benzene ring substituents is 1. The number of nitrogens with zero attached hydrogens (tertiary/aromatic N) is 2. The van der Waals surface area contributed by atoms with E-state index < -0.39 is 28.0 Å². The standard InChI is InChI=1S/C12H13ClN2O5/c1-12(2,11(17)18)14(3)10(16)7-4-5-8(13)9(6-7)15(19)20/h4-6H,1-3H3,(H,17,18). The summed E-state index contributed by atoms with van der Waals surface area (Å²) in [6, 6.07) is 3.57. The monoisotopic (exact) mass is 300 g/mol. The zero-order chi connectivity index (χ0) is 15.7. The number of benzene rings is 1. The van der Waals surface area contributed by atoms with E-state index in [2.05, 4.69) is 0 Å². The summed E-state index contributed by atoms with van der Waals surface area (Å²) in [5.74, 6) is -1.83. The van der Waals surface area contributed by atoms with Crippen LogP contribution < -0.4 is 0 Å². The van der Waals surface area contributed by atoms with Crippen molar-refractivity contribution in [2.24, 2.45) is 0 Å². The Bertz CT molecular complexity index is 585. The van der Waals surface area contributed by atoms with Crippen molar-refractivity contribution >= 4 is 29.2 Å². The van der Waals surface area contributed by atoms with Gasteiger partial charge < -0.3 is 10.0 Å². The molecule has 0 saturated carbocycles. The number of rotatable bonds is 4. The Kier molecular flexibility index (Phi) is 4.34. The van der Waals surface area contributed by atoms with E-state index in [9.17, 15) is 19.7 Å². The van der Waals surface area contributed by atoms with E-state index in [0.717, 1.165) is 11.0 Å². The van der Waals surface area contributed by atoms with Crippen LogP contribution in [0.4, 0.5) is 5.69 Å². The molecule has 1 N–H and O–H groups in total. The number of carboxylic acid groups (broad SMARTS) is 1. The van der Waals surface area contributed by atoms with Crippen molar-refractivity contribution < 1.29 is 19.6 Å².